The standard InChI is InChI=1S/C16H16N2O3S2/c1-11-5-7-13(8-6-11)23(19,20)17-10-15-12(2)18-16(22-15)14-4-3-9-21-14/h3-9,17H,10H2,1-2H3. The van der Waals surface area contributed by atoms with Crippen LogP contribution in [0.4, 0.5) is 0 Å². The van der Waals surface area contributed by atoms with Crippen molar-refractivity contribution in [1.29, 1.82) is 0 Å². The minimum atomic E-state index is -3.53. The SMILES string of the molecule is Cc1ccc(S(=O)(=O)NCc2sc(-c3ccco3)nc2C)cc1. The average molecular weight is 348 g/mol. The number of nitrogens with one attached hydrogen (secondary N) is 1. The minimum absolute atomic E-state index is 0.209. The maximum absolute atomic E-state index is 12.3. The Hall–Kier alpha value is -1.96. The number of benzene rings is 1. The van der Waals surface area contributed by atoms with E-state index in [0.717, 1.165) is 21.1 Å². The normalized spacial score (nSPS) is 11.7. The summed E-state index contributed by atoms with van der Waals surface area (Å²) in [5, 5.41) is 0.747. The fraction of sp³-hybridized carbons (Fsp3) is 0.188. The first-order chi connectivity index (χ1) is 11.0. The Morgan fingerprint density at radius 2 is 1.91 bits per heavy atom. The van der Waals surface area contributed by atoms with Gasteiger partial charge < -0.3 is 4.42 Å². The van der Waals surface area contributed by atoms with Gasteiger partial charge in [-0.3, -0.25) is 0 Å². The zero-order chi connectivity index (χ0) is 16.4. The van der Waals surface area contributed by atoms with Crippen LogP contribution in [0.3, 0.4) is 0 Å². The summed E-state index contributed by atoms with van der Waals surface area (Å²) in [6, 6.07) is 10.4. The van der Waals surface area contributed by atoms with Gasteiger partial charge in [0, 0.05) is 11.4 Å². The van der Waals surface area contributed by atoms with Crippen LogP contribution in [-0.2, 0) is 16.6 Å². The second kappa shape index (κ2) is 6.27. The summed E-state index contributed by atoms with van der Waals surface area (Å²) in [4.78, 5) is 5.56. The zero-order valence-corrected chi connectivity index (χ0v) is 14.4. The second-order valence-corrected chi connectivity index (χ2v) is 7.99. The Balaban J connectivity index is 1.76. The summed E-state index contributed by atoms with van der Waals surface area (Å²) in [6.07, 6.45) is 1.59. The summed E-state index contributed by atoms with van der Waals surface area (Å²) in [5.41, 5.74) is 1.82. The number of nitrogens with zero attached hydrogens (tertiary/aromatic N) is 1. The van der Waals surface area contributed by atoms with Gasteiger partial charge in [-0.15, -0.1) is 11.3 Å². The van der Waals surface area contributed by atoms with Crippen molar-refractivity contribution in [3.8, 4) is 10.8 Å². The molecular weight excluding hydrogens is 332 g/mol. The third-order valence-electron chi connectivity index (χ3n) is 3.38. The highest BCUT2D eigenvalue weighted by molar-refractivity contribution is 7.89. The highest BCUT2D eigenvalue weighted by Gasteiger charge is 2.16. The van der Waals surface area contributed by atoms with E-state index in [1.807, 2.05) is 19.9 Å². The lowest BCUT2D eigenvalue weighted by atomic mass is 10.2. The average Bonchev–Trinajstić information content (AvgIpc) is 3.15. The van der Waals surface area contributed by atoms with Crippen LogP contribution in [0.25, 0.3) is 10.8 Å². The van der Waals surface area contributed by atoms with Crippen molar-refractivity contribution in [2.45, 2.75) is 25.3 Å². The molecule has 0 radical (unpaired) electrons. The Labute approximate surface area is 139 Å². The predicted octanol–water partition coefficient (Wildman–Crippen LogP) is 3.50. The van der Waals surface area contributed by atoms with Crippen molar-refractivity contribution in [3.05, 3.63) is 58.8 Å². The van der Waals surface area contributed by atoms with Gasteiger partial charge in [0.25, 0.3) is 0 Å². The number of rotatable bonds is 5. The minimum Gasteiger partial charge on any atom is -0.462 e. The number of aromatic nitrogens is 1. The van der Waals surface area contributed by atoms with Gasteiger partial charge in [-0.1, -0.05) is 17.7 Å². The molecule has 23 heavy (non-hydrogen) atoms. The van der Waals surface area contributed by atoms with E-state index in [0.29, 0.717) is 5.76 Å². The van der Waals surface area contributed by atoms with Crippen LogP contribution in [0.5, 0.6) is 0 Å². The summed E-state index contributed by atoms with van der Waals surface area (Å²) >= 11 is 1.42. The summed E-state index contributed by atoms with van der Waals surface area (Å²) in [5.74, 6) is 0.686. The molecule has 0 aliphatic carbocycles. The first-order valence-corrected chi connectivity index (χ1v) is 9.32. The highest BCUT2D eigenvalue weighted by atomic mass is 32.2. The molecule has 1 N–H and O–H groups in total. The van der Waals surface area contributed by atoms with Crippen LogP contribution < -0.4 is 4.72 Å². The summed E-state index contributed by atoms with van der Waals surface area (Å²) < 4.78 is 32.6. The summed E-state index contributed by atoms with van der Waals surface area (Å²) in [7, 11) is -3.53. The molecule has 0 atom stereocenters. The van der Waals surface area contributed by atoms with Gasteiger partial charge in [0.15, 0.2) is 10.8 Å². The molecule has 0 aliphatic rings. The van der Waals surface area contributed by atoms with Crippen molar-refractivity contribution >= 4 is 21.4 Å². The van der Waals surface area contributed by atoms with Gasteiger partial charge in [-0.2, -0.15) is 0 Å². The Morgan fingerprint density at radius 1 is 1.17 bits per heavy atom. The third-order valence-corrected chi connectivity index (χ3v) is 5.97. The number of thiazole rings is 1. The zero-order valence-electron chi connectivity index (χ0n) is 12.7. The van der Waals surface area contributed by atoms with E-state index in [9.17, 15) is 8.42 Å². The molecule has 5 nitrogen and oxygen atoms in total. The molecule has 7 heteroatoms. The number of furan rings is 1. The van der Waals surface area contributed by atoms with E-state index in [2.05, 4.69) is 9.71 Å². The van der Waals surface area contributed by atoms with E-state index in [1.54, 1.807) is 36.6 Å². The maximum Gasteiger partial charge on any atom is 0.240 e. The third kappa shape index (κ3) is 3.52. The second-order valence-electron chi connectivity index (χ2n) is 5.14. The van der Waals surface area contributed by atoms with Crippen molar-refractivity contribution < 1.29 is 12.8 Å². The van der Waals surface area contributed by atoms with Gasteiger partial charge in [0.2, 0.25) is 10.0 Å². The lowest BCUT2D eigenvalue weighted by molar-refractivity contribution is 0.580. The number of hydrogen-bond donors (Lipinski definition) is 1. The molecule has 0 amide bonds. The van der Waals surface area contributed by atoms with E-state index >= 15 is 0 Å². The van der Waals surface area contributed by atoms with E-state index in [-0.39, 0.29) is 11.4 Å². The molecule has 120 valence electrons. The van der Waals surface area contributed by atoms with Crippen molar-refractivity contribution in [2.75, 3.05) is 0 Å². The van der Waals surface area contributed by atoms with Gasteiger partial charge in [-0.05, 0) is 38.1 Å². The van der Waals surface area contributed by atoms with Crippen molar-refractivity contribution in [2.24, 2.45) is 0 Å². The Morgan fingerprint density at radius 3 is 2.57 bits per heavy atom. The van der Waals surface area contributed by atoms with Crippen LogP contribution in [0, 0.1) is 13.8 Å². The first-order valence-electron chi connectivity index (χ1n) is 7.02. The molecule has 0 saturated carbocycles. The molecule has 1 aromatic carbocycles. The molecular formula is C16H16N2O3S2. The van der Waals surface area contributed by atoms with Crippen LogP contribution in [0.2, 0.25) is 0 Å². The van der Waals surface area contributed by atoms with E-state index < -0.39 is 10.0 Å². The number of aryl methyl sites for hydroxylation is 2. The van der Waals surface area contributed by atoms with Crippen LogP contribution in [0.1, 0.15) is 16.1 Å². The molecule has 0 fully saturated rings. The quantitative estimate of drug-likeness (QED) is 0.766. The lowest BCUT2D eigenvalue weighted by Gasteiger charge is -2.06. The van der Waals surface area contributed by atoms with Gasteiger partial charge in [0.1, 0.15) is 0 Å². The monoisotopic (exact) mass is 348 g/mol. The van der Waals surface area contributed by atoms with Crippen LogP contribution in [0.15, 0.2) is 52.0 Å². The van der Waals surface area contributed by atoms with Gasteiger partial charge in [0.05, 0.1) is 16.9 Å². The summed E-state index contributed by atoms with van der Waals surface area (Å²) in [6.45, 7) is 3.99. The molecule has 3 rings (SSSR count). The highest BCUT2D eigenvalue weighted by Crippen LogP contribution is 2.28. The maximum atomic E-state index is 12.3. The van der Waals surface area contributed by atoms with Crippen LogP contribution in [-0.4, -0.2) is 13.4 Å². The molecule has 3 aromatic rings. The molecule has 0 spiro atoms. The predicted molar refractivity (Wildman–Crippen MR) is 89.8 cm³/mol. The van der Waals surface area contributed by atoms with E-state index in [4.69, 9.17) is 4.42 Å². The van der Waals surface area contributed by atoms with Crippen LogP contribution >= 0.6 is 11.3 Å². The van der Waals surface area contributed by atoms with Gasteiger partial charge >= 0.3 is 0 Å². The molecule has 2 aromatic heterocycles. The Bertz CT molecular complexity index is 895. The van der Waals surface area contributed by atoms with E-state index in [1.165, 1.54) is 11.3 Å². The fourth-order valence-corrected chi connectivity index (χ4v) is 4.12. The largest absolute Gasteiger partial charge is 0.462 e. The first kappa shape index (κ1) is 15.9. The smallest absolute Gasteiger partial charge is 0.240 e. The molecule has 0 bridgehead atoms. The number of hydrogen-bond acceptors (Lipinski definition) is 5. The molecule has 0 saturated heterocycles. The molecule has 0 unspecified atom stereocenters. The Kier molecular flexibility index (Phi) is 4.34. The fourth-order valence-electron chi connectivity index (χ4n) is 2.06. The van der Waals surface area contributed by atoms with Gasteiger partial charge in [-0.25, -0.2) is 18.1 Å². The number of sulfonamides is 1. The van der Waals surface area contributed by atoms with Crippen molar-refractivity contribution in [3.63, 3.8) is 0 Å². The molecule has 0 aliphatic heterocycles. The van der Waals surface area contributed by atoms with Crippen molar-refractivity contribution in [1.82, 2.24) is 9.71 Å². The topological polar surface area (TPSA) is 72.2 Å². The lowest BCUT2D eigenvalue weighted by Crippen LogP contribution is -2.23. The molecule has 2 heterocycles.